The average Bonchev–Trinajstić information content (AvgIpc) is 2.78. The summed E-state index contributed by atoms with van der Waals surface area (Å²) in [6, 6.07) is 20.1. The molecular formula is C28H36INS. The lowest BCUT2D eigenvalue weighted by atomic mass is 9.85. The van der Waals surface area contributed by atoms with Crippen LogP contribution in [0.5, 0.6) is 0 Å². The fraction of sp³-hybridized carbons (Fsp3) is 0.464. The Kier molecular flexibility index (Phi) is 10.2. The maximum Gasteiger partial charge on any atom is 0.212 e. The molecule has 0 radical (unpaired) electrons. The molecule has 0 saturated heterocycles. The molecule has 0 spiro atoms. The highest BCUT2D eigenvalue weighted by molar-refractivity contribution is 7.98. The SMILES string of the molecule is Cc1cccc(CSc2cc3ccccc3[n+](CCCCCC3CCCCC3)c2)c1.[I-]. The maximum absolute atomic E-state index is 2.49. The summed E-state index contributed by atoms with van der Waals surface area (Å²) >= 11 is 1.95. The molecule has 0 atom stereocenters. The Balaban J connectivity index is 0.00000272. The van der Waals surface area contributed by atoms with Crippen molar-refractivity contribution >= 4 is 22.7 Å². The van der Waals surface area contributed by atoms with E-state index in [1.807, 2.05) is 11.8 Å². The Hall–Kier alpha value is -1.07. The average molecular weight is 546 g/mol. The molecule has 0 bridgehead atoms. The van der Waals surface area contributed by atoms with Gasteiger partial charge >= 0.3 is 0 Å². The fourth-order valence-corrected chi connectivity index (χ4v) is 5.81. The van der Waals surface area contributed by atoms with Crippen LogP contribution in [-0.4, -0.2) is 0 Å². The highest BCUT2D eigenvalue weighted by Crippen LogP contribution is 2.28. The number of rotatable bonds is 9. The fourth-order valence-electron chi connectivity index (χ4n) is 4.89. The first-order valence-corrected chi connectivity index (χ1v) is 12.9. The third-order valence-corrected chi connectivity index (χ3v) is 7.59. The smallest absolute Gasteiger partial charge is 0.212 e. The molecule has 0 aliphatic heterocycles. The van der Waals surface area contributed by atoms with Gasteiger partial charge in [0, 0.05) is 23.6 Å². The molecule has 4 rings (SSSR count). The molecule has 0 amide bonds. The molecule has 1 heterocycles. The maximum atomic E-state index is 2.49. The van der Waals surface area contributed by atoms with E-state index >= 15 is 0 Å². The Morgan fingerprint density at radius 3 is 2.58 bits per heavy atom. The van der Waals surface area contributed by atoms with Gasteiger partial charge in [0.25, 0.3) is 0 Å². The van der Waals surface area contributed by atoms with Gasteiger partial charge in [-0.15, -0.1) is 11.8 Å². The predicted octanol–water partition coefficient (Wildman–Crippen LogP) is 4.87. The number of thioether (sulfide) groups is 1. The largest absolute Gasteiger partial charge is 1.00 e. The second kappa shape index (κ2) is 12.8. The van der Waals surface area contributed by atoms with E-state index in [1.54, 1.807) is 0 Å². The zero-order valence-electron chi connectivity index (χ0n) is 18.9. The first-order valence-electron chi connectivity index (χ1n) is 11.9. The Labute approximate surface area is 210 Å². The number of hydrogen-bond donors (Lipinski definition) is 0. The van der Waals surface area contributed by atoms with Gasteiger partial charge < -0.3 is 24.0 Å². The van der Waals surface area contributed by atoms with Gasteiger partial charge in [-0.2, -0.15) is 4.57 Å². The van der Waals surface area contributed by atoms with Crippen LogP contribution in [0.2, 0.25) is 0 Å². The van der Waals surface area contributed by atoms with Crippen molar-refractivity contribution in [2.45, 2.75) is 81.9 Å². The standard InChI is InChI=1S/C28H36NS.HI/c1-23-11-10-15-25(19-23)22-30-27-20-26-16-7-8-17-28(26)29(21-27)18-9-3-6-14-24-12-4-2-5-13-24;/h7-8,10-11,15-17,19-21,24H,2-6,9,12-14,18,22H2,1H3;1H/q+1;/p-1. The first-order chi connectivity index (χ1) is 14.8. The second-order valence-corrected chi connectivity index (χ2v) is 10.1. The van der Waals surface area contributed by atoms with Crippen LogP contribution in [0.4, 0.5) is 0 Å². The summed E-state index contributed by atoms with van der Waals surface area (Å²) in [6.45, 7) is 3.30. The monoisotopic (exact) mass is 545 g/mol. The zero-order chi connectivity index (χ0) is 20.6. The minimum atomic E-state index is 0. The lowest BCUT2D eigenvalue weighted by Gasteiger charge is -2.21. The van der Waals surface area contributed by atoms with Crippen LogP contribution in [0.3, 0.4) is 0 Å². The van der Waals surface area contributed by atoms with Crippen LogP contribution >= 0.6 is 11.8 Å². The molecule has 0 unspecified atom stereocenters. The molecule has 1 saturated carbocycles. The van der Waals surface area contributed by atoms with Gasteiger partial charge in [-0.3, -0.25) is 0 Å². The third-order valence-electron chi connectivity index (χ3n) is 6.55. The summed E-state index contributed by atoms with van der Waals surface area (Å²) in [4.78, 5) is 1.37. The highest BCUT2D eigenvalue weighted by atomic mass is 127. The summed E-state index contributed by atoms with van der Waals surface area (Å²) in [5.41, 5.74) is 4.11. The molecule has 31 heavy (non-hydrogen) atoms. The lowest BCUT2D eigenvalue weighted by Crippen LogP contribution is -3.00. The number of nitrogens with zero attached hydrogens (tertiary/aromatic N) is 1. The quantitative estimate of drug-likeness (QED) is 0.161. The van der Waals surface area contributed by atoms with E-state index < -0.39 is 0 Å². The molecule has 1 fully saturated rings. The van der Waals surface area contributed by atoms with Crippen molar-refractivity contribution < 1.29 is 28.5 Å². The summed E-state index contributed by atoms with van der Waals surface area (Å²) in [7, 11) is 0. The Bertz CT molecular complexity index is 949. The van der Waals surface area contributed by atoms with Crippen LogP contribution in [0.25, 0.3) is 10.9 Å². The van der Waals surface area contributed by atoms with Gasteiger partial charge in [0.1, 0.15) is 6.54 Å². The Morgan fingerprint density at radius 1 is 0.903 bits per heavy atom. The molecule has 1 aliphatic carbocycles. The predicted molar refractivity (Wildman–Crippen MR) is 130 cm³/mol. The van der Waals surface area contributed by atoms with Crippen molar-refractivity contribution in [3.8, 4) is 0 Å². The number of benzene rings is 2. The van der Waals surface area contributed by atoms with Crippen molar-refractivity contribution in [1.82, 2.24) is 0 Å². The second-order valence-electron chi connectivity index (χ2n) is 9.06. The topological polar surface area (TPSA) is 3.88 Å². The van der Waals surface area contributed by atoms with E-state index in [0.717, 1.165) is 18.2 Å². The lowest BCUT2D eigenvalue weighted by molar-refractivity contribution is -0.673. The number of unbranched alkanes of at least 4 members (excludes halogenated alkanes) is 2. The van der Waals surface area contributed by atoms with Crippen LogP contribution in [0, 0.1) is 12.8 Å². The molecule has 3 aromatic rings. The number of para-hydroxylation sites is 1. The molecule has 2 aromatic carbocycles. The van der Waals surface area contributed by atoms with Gasteiger partial charge in [-0.1, -0.05) is 86.9 Å². The van der Waals surface area contributed by atoms with Gasteiger partial charge in [0.2, 0.25) is 5.52 Å². The van der Waals surface area contributed by atoms with Crippen LogP contribution in [-0.2, 0) is 12.3 Å². The molecule has 3 heteroatoms. The van der Waals surface area contributed by atoms with Crippen molar-refractivity contribution in [3.63, 3.8) is 0 Å². The molecular weight excluding hydrogens is 509 g/mol. The molecule has 1 aliphatic rings. The minimum absolute atomic E-state index is 0. The summed E-state index contributed by atoms with van der Waals surface area (Å²) < 4.78 is 2.49. The Morgan fingerprint density at radius 2 is 1.74 bits per heavy atom. The third kappa shape index (κ3) is 7.49. The molecule has 166 valence electrons. The van der Waals surface area contributed by atoms with E-state index in [2.05, 4.69) is 72.3 Å². The van der Waals surface area contributed by atoms with Crippen LogP contribution in [0.1, 0.15) is 68.9 Å². The number of pyridine rings is 1. The number of aromatic nitrogens is 1. The van der Waals surface area contributed by atoms with E-state index in [-0.39, 0.29) is 24.0 Å². The minimum Gasteiger partial charge on any atom is -1.00 e. The van der Waals surface area contributed by atoms with Gasteiger partial charge in [0.15, 0.2) is 6.20 Å². The van der Waals surface area contributed by atoms with Crippen LogP contribution in [0.15, 0.2) is 65.7 Å². The number of hydrogen-bond acceptors (Lipinski definition) is 1. The van der Waals surface area contributed by atoms with E-state index in [1.165, 1.54) is 84.7 Å². The van der Waals surface area contributed by atoms with Gasteiger partial charge in [-0.05, 0) is 37.0 Å². The zero-order valence-corrected chi connectivity index (χ0v) is 21.8. The molecule has 1 nitrogen and oxygen atoms in total. The van der Waals surface area contributed by atoms with Crippen molar-refractivity contribution in [2.75, 3.05) is 0 Å². The summed E-state index contributed by atoms with van der Waals surface area (Å²) in [6.07, 6.45) is 15.3. The number of halogens is 1. The summed E-state index contributed by atoms with van der Waals surface area (Å²) in [5.74, 6) is 2.05. The van der Waals surface area contributed by atoms with Gasteiger partial charge in [-0.25, -0.2) is 0 Å². The van der Waals surface area contributed by atoms with E-state index in [9.17, 15) is 0 Å². The molecule has 0 N–H and O–H groups in total. The highest BCUT2D eigenvalue weighted by Gasteiger charge is 2.14. The van der Waals surface area contributed by atoms with Crippen molar-refractivity contribution in [3.05, 3.63) is 71.9 Å². The number of fused-ring (bicyclic) bond motifs is 1. The van der Waals surface area contributed by atoms with Gasteiger partial charge in [0.05, 0.1) is 4.90 Å². The number of aryl methyl sites for hydroxylation is 2. The summed E-state index contributed by atoms with van der Waals surface area (Å²) in [5, 5.41) is 1.36. The normalized spacial score (nSPS) is 14.5. The van der Waals surface area contributed by atoms with Crippen molar-refractivity contribution in [2.24, 2.45) is 5.92 Å². The van der Waals surface area contributed by atoms with Crippen LogP contribution < -0.4 is 28.5 Å². The molecule has 1 aromatic heterocycles. The van der Waals surface area contributed by atoms with E-state index in [0.29, 0.717) is 0 Å². The van der Waals surface area contributed by atoms with Crippen molar-refractivity contribution in [1.29, 1.82) is 0 Å². The first kappa shape index (κ1) is 24.6. The van der Waals surface area contributed by atoms with E-state index in [4.69, 9.17) is 0 Å².